The summed E-state index contributed by atoms with van der Waals surface area (Å²) in [6.45, 7) is 0. The highest BCUT2D eigenvalue weighted by molar-refractivity contribution is 6.06. The van der Waals surface area contributed by atoms with Gasteiger partial charge in [-0.1, -0.05) is 25.0 Å². The number of phenols is 1. The molecular formula is C22H24O4. The van der Waals surface area contributed by atoms with Gasteiger partial charge in [0.05, 0.1) is 25.7 Å². The van der Waals surface area contributed by atoms with Gasteiger partial charge in [0.2, 0.25) is 0 Å². The van der Waals surface area contributed by atoms with Gasteiger partial charge in [-0.3, -0.25) is 4.79 Å². The van der Waals surface area contributed by atoms with Crippen molar-refractivity contribution >= 4 is 5.78 Å². The maximum atomic E-state index is 13.4. The summed E-state index contributed by atoms with van der Waals surface area (Å²) in [7, 11) is 3.23. The van der Waals surface area contributed by atoms with Gasteiger partial charge in [0.15, 0.2) is 5.78 Å². The molecule has 1 saturated carbocycles. The summed E-state index contributed by atoms with van der Waals surface area (Å²) in [6.07, 6.45) is 4.38. The van der Waals surface area contributed by atoms with Gasteiger partial charge in [0, 0.05) is 6.07 Å². The number of benzene rings is 2. The first-order chi connectivity index (χ1) is 12.6. The number of carbonyl (C=O) groups excluding carboxylic acids is 1. The van der Waals surface area contributed by atoms with Crippen LogP contribution in [0, 0.1) is 5.92 Å². The Labute approximate surface area is 153 Å². The molecular weight excluding hydrogens is 328 g/mol. The molecule has 0 aromatic heterocycles. The van der Waals surface area contributed by atoms with Crippen molar-refractivity contribution in [1.82, 2.24) is 0 Å². The van der Waals surface area contributed by atoms with E-state index in [1.54, 1.807) is 20.3 Å². The normalized spacial score (nSPS) is 24.5. The number of phenolic OH excluding ortho intramolecular Hbond substituents is 1. The first kappa shape index (κ1) is 17.0. The van der Waals surface area contributed by atoms with Crippen LogP contribution in [-0.4, -0.2) is 25.1 Å². The number of Topliss-reactive ketones (excluding diaryl/α,β-unsaturated/α-hetero) is 1. The molecule has 0 radical (unpaired) electrons. The third-order valence-electron chi connectivity index (χ3n) is 6.01. The predicted octanol–water partition coefficient (Wildman–Crippen LogP) is 4.66. The molecule has 0 saturated heterocycles. The van der Waals surface area contributed by atoms with E-state index in [1.807, 2.05) is 30.3 Å². The Bertz CT molecular complexity index is 825. The first-order valence-corrected chi connectivity index (χ1v) is 9.23. The van der Waals surface area contributed by atoms with Crippen LogP contribution >= 0.6 is 0 Å². The number of rotatable bonds is 3. The molecule has 0 amide bonds. The fourth-order valence-corrected chi connectivity index (χ4v) is 4.81. The summed E-state index contributed by atoms with van der Waals surface area (Å²) in [5.41, 5.74) is 2.45. The molecule has 1 unspecified atom stereocenters. The Morgan fingerprint density at radius 2 is 1.65 bits per heavy atom. The van der Waals surface area contributed by atoms with Crippen molar-refractivity contribution in [3.8, 4) is 17.2 Å². The van der Waals surface area contributed by atoms with Gasteiger partial charge < -0.3 is 14.6 Å². The first-order valence-electron chi connectivity index (χ1n) is 9.23. The SMILES string of the molecule is COc1ccc(C2C(=O)c3c(O)cc(OC)cc3[C@@H]3CCCC[C@H]23)cc1. The number of ether oxygens (including phenoxy) is 2. The van der Waals surface area contributed by atoms with Crippen LogP contribution in [0.2, 0.25) is 0 Å². The molecule has 2 aliphatic carbocycles. The second-order valence-electron chi connectivity index (χ2n) is 7.28. The molecule has 2 aromatic carbocycles. The summed E-state index contributed by atoms with van der Waals surface area (Å²) < 4.78 is 10.6. The number of carbonyl (C=O) groups is 1. The molecule has 0 bridgehead atoms. The number of methoxy groups -OCH3 is 2. The average molecular weight is 352 g/mol. The number of hydrogen-bond acceptors (Lipinski definition) is 4. The molecule has 4 heteroatoms. The molecule has 136 valence electrons. The lowest BCUT2D eigenvalue weighted by Crippen LogP contribution is -2.35. The zero-order valence-corrected chi connectivity index (χ0v) is 15.2. The van der Waals surface area contributed by atoms with Crippen molar-refractivity contribution in [3.63, 3.8) is 0 Å². The highest BCUT2D eigenvalue weighted by Gasteiger charge is 2.45. The number of hydrogen-bond donors (Lipinski definition) is 1. The summed E-state index contributed by atoms with van der Waals surface area (Å²) in [5, 5.41) is 10.6. The minimum atomic E-state index is -0.210. The lowest BCUT2D eigenvalue weighted by molar-refractivity contribution is 0.0869. The topological polar surface area (TPSA) is 55.8 Å². The number of aromatic hydroxyl groups is 1. The second-order valence-corrected chi connectivity index (χ2v) is 7.28. The van der Waals surface area contributed by atoms with Crippen LogP contribution in [0.5, 0.6) is 17.2 Å². The summed E-state index contributed by atoms with van der Waals surface area (Å²) >= 11 is 0. The Balaban J connectivity index is 1.84. The van der Waals surface area contributed by atoms with Crippen LogP contribution in [0.25, 0.3) is 0 Å². The van der Waals surface area contributed by atoms with Gasteiger partial charge in [-0.05, 0) is 54.0 Å². The number of ketones is 1. The van der Waals surface area contributed by atoms with Crippen molar-refractivity contribution in [1.29, 1.82) is 0 Å². The Hall–Kier alpha value is -2.49. The van der Waals surface area contributed by atoms with Crippen molar-refractivity contribution < 1.29 is 19.4 Å². The third kappa shape index (κ3) is 2.64. The molecule has 0 aliphatic heterocycles. The maximum Gasteiger partial charge on any atom is 0.174 e. The average Bonchev–Trinajstić information content (AvgIpc) is 2.68. The zero-order valence-electron chi connectivity index (χ0n) is 15.2. The minimum Gasteiger partial charge on any atom is -0.507 e. The molecule has 0 spiro atoms. The van der Waals surface area contributed by atoms with Crippen LogP contribution in [0.1, 0.15) is 59.0 Å². The smallest absolute Gasteiger partial charge is 0.174 e. The van der Waals surface area contributed by atoms with E-state index in [2.05, 4.69) is 0 Å². The van der Waals surface area contributed by atoms with Crippen LogP contribution in [0.15, 0.2) is 36.4 Å². The molecule has 1 fully saturated rings. The monoisotopic (exact) mass is 352 g/mol. The molecule has 3 atom stereocenters. The summed E-state index contributed by atoms with van der Waals surface area (Å²) in [5.74, 6) is 1.79. The van der Waals surface area contributed by atoms with Crippen LogP contribution < -0.4 is 9.47 Å². The van der Waals surface area contributed by atoms with Gasteiger partial charge in [-0.2, -0.15) is 0 Å². The van der Waals surface area contributed by atoms with Gasteiger partial charge in [0.25, 0.3) is 0 Å². The predicted molar refractivity (Wildman–Crippen MR) is 99.4 cm³/mol. The van der Waals surface area contributed by atoms with Crippen LogP contribution in [0.4, 0.5) is 0 Å². The van der Waals surface area contributed by atoms with Crippen molar-refractivity contribution in [2.45, 2.75) is 37.5 Å². The fourth-order valence-electron chi connectivity index (χ4n) is 4.81. The van der Waals surface area contributed by atoms with Gasteiger partial charge >= 0.3 is 0 Å². The molecule has 26 heavy (non-hydrogen) atoms. The summed E-state index contributed by atoms with van der Waals surface area (Å²) in [4.78, 5) is 13.4. The van der Waals surface area contributed by atoms with E-state index < -0.39 is 0 Å². The lowest BCUT2D eigenvalue weighted by Gasteiger charge is -2.42. The van der Waals surface area contributed by atoms with Crippen LogP contribution in [0.3, 0.4) is 0 Å². The highest BCUT2D eigenvalue weighted by atomic mass is 16.5. The molecule has 2 aromatic rings. The van der Waals surface area contributed by atoms with Crippen LogP contribution in [-0.2, 0) is 0 Å². The molecule has 1 N–H and O–H groups in total. The Morgan fingerprint density at radius 1 is 0.962 bits per heavy atom. The fraction of sp³-hybridized carbons (Fsp3) is 0.409. The molecule has 2 aliphatic rings. The van der Waals surface area contributed by atoms with E-state index in [4.69, 9.17) is 9.47 Å². The number of fused-ring (bicyclic) bond motifs is 3. The maximum absolute atomic E-state index is 13.4. The summed E-state index contributed by atoms with van der Waals surface area (Å²) in [6, 6.07) is 11.3. The van der Waals surface area contributed by atoms with Gasteiger partial charge in [-0.15, -0.1) is 0 Å². The second kappa shape index (κ2) is 6.67. The third-order valence-corrected chi connectivity index (χ3v) is 6.01. The van der Waals surface area contributed by atoms with E-state index in [9.17, 15) is 9.90 Å². The highest BCUT2D eigenvalue weighted by Crippen LogP contribution is 2.53. The van der Waals surface area contributed by atoms with Gasteiger partial charge in [-0.25, -0.2) is 0 Å². The van der Waals surface area contributed by atoms with E-state index in [1.165, 1.54) is 0 Å². The van der Waals surface area contributed by atoms with E-state index >= 15 is 0 Å². The Kier molecular flexibility index (Phi) is 4.35. The van der Waals surface area contributed by atoms with E-state index in [0.717, 1.165) is 42.6 Å². The zero-order chi connectivity index (χ0) is 18.3. The van der Waals surface area contributed by atoms with Gasteiger partial charge in [0.1, 0.15) is 17.2 Å². The lowest BCUT2D eigenvalue weighted by atomic mass is 9.61. The largest absolute Gasteiger partial charge is 0.507 e. The van der Waals surface area contributed by atoms with Crippen molar-refractivity contribution in [2.75, 3.05) is 14.2 Å². The molecule has 0 heterocycles. The Morgan fingerprint density at radius 3 is 2.35 bits per heavy atom. The van der Waals surface area contributed by atoms with E-state index in [-0.39, 0.29) is 29.3 Å². The standard InChI is InChI=1S/C22H24O4/c1-25-14-9-7-13(8-10-14)20-17-6-4-3-5-16(17)18-11-15(26-2)12-19(23)21(18)22(20)24/h7-12,16-17,20,23H,3-6H2,1-2H3/t16-,17+,20?/m1/s1. The van der Waals surface area contributed by atoms with Crippen molar-refractivity contribution in [2.24, 2.45) is 5.92 Å². The minimum absolute atomic E-state index is 0.0217. The molecule has 4 nitrogen and oxygen atoms in total. The van der Waals surface area contributed by atoms with E-state index in [0.29, 0.717) is 11.3 Å². The molecule has 4 rings (SSSR count). The van der Waals surface area contributed by atoms with Crippen molar-refractivity contribution in [3.05, 3.63) is 53.1 Å². The quantitative estimate of drug-likeness (QED) is 0.873.